The third kappa shape index (κ3) is 4.15. The van der Waals surface area contributed by atoms with Gasteiger partial charge in [0.1, 0.15) is 5.75 Å². The van der Waals surface area contributed by atoms with Crippen LogP contribution in [0.25, 0.3) is 0 Å². The van der Waals surface area contributed by atoms with Crippen molar-refractivity contribution in [2.75, 3.05) is 6.61 Å². The zero-order chi connectivity index (χ0) is 12.7. The number of aliphatic carboxylic acids is 1. The number of ether oxygens (including phenoxy) is 1. The molecule has 4 nitrogen and oxygen atoms in total. The van der Waals surface area contributed by atoms with Gasteiger partial charge in [0.2, 0.25) is 0 Å². The van der Waals surface area contributed by atoms with E-state index in [-0.39, 0.29) is 6.42 Å². The lowest BCUT2D eigenvalue weighted by Crippen LogP contribution is -2.24. The summed E-state index contributed by atoms with van der Waals surface area (Å²) in [5, 5.41) is 19.3. The Balaban J connectivity index is 2.71. The molecule has 0 amide bonds. The van der Waals surface area contributed by atoms with Gasteiger partial charge in [-0.2, -0.15) is 5.26 Å². The minimum atomic E-state index is -1.22. The Kier molecular flexibility index (Phi) is 5.02. The molecule has 0 radical (unpaired) electrons. The summed E-state index contributed by atoms with van der Waals surface area (Å²) < 4.78 is 5.39. The molecule has 0 aliphatic heterocycles. The van der Waals surface area contributed by atoms with Crippen LogP contribution in [0.3, 0.4) is 0 Å². The molecule has 0 saturated carbocycles. The van der Waals surface area contributed by atoms with Gasteiger partial charge in [-0.05, 0) is 24.1 Å². The van der Waals surface area contributed by atoms with Gasteiger partial charge in [-0.15, -0.1) is 0 Å². The Labute approximate surface area is 100 Å². The van der Waals surface area contributed by atoms with Crippen LogP contribution in [0.15, 0.2) is 24.3 Å². The highest BCUT2D eigenvalue weighted by Gasteiger charge is 2.10. The first-order chi connectivity index (χ1) is 8.17. The van der Waals surface area contributed by atoms with Crippen molar-refractivity contribution in [1.82, 2.24) is 0 Å². The summed E-state index contributed by atoms with van der Waals surface area (Å²) in [6, 6.07) is 8.85. The van der Waals surface area contributed by atoms with E-state index in [2.05, 4.69) is 0 Å². The van der Waals surface area contributed by atoms with Crippen molar-refractivity contribution in [3.8, 4) is 11.8 Å². The molecule has 0 heterocycles. The fourth-order valence-electron chi connectivity index (χ4n) is 1.42. The number of benzene rings is 1. The van der Waals surface area contributed by atoms with E-state index in [1.165, 1.54) is 0 Å². The molecular weight excluding hydrogens is 218 g/mol. The lowest BCUT2D eigenvalue weighted by molar-refractivity contribution is -0.305. The van der Waals surface area contributed by atoms with Crippen molar-refractivity contribution in [3.63, 3.8) is 0 Å². The molecule has 90 valence electrons. The summed E-state index contributed by atoms with van der Waals surface area (Å²) in [7, 11) is 0. The van der Waals surface area contributed by atoms with Gasteiger partial charge in [-0.3, -0.25) is 0 Å². The zero-order valence-electron chi connectivity index (χ0n) is 9.68. The molecule has 4 heteroatoms. The number of carbonyl (C=O) groups is 1. The topological polar surface area (TPSA) is 73.1 Å². The Morgan fingerprint density at radius 1 is 1.47 bits per heavy atom. The van der Waals surface area contributed by atoms with Crippen molar-refractivity contribution < 1.29 is 14.6 Å². The number of carbonyl (C=O) groups excluding carboxylic acids is 1. The van der Waals surface area contributed by atoms with Crippen LogP contribution in [0, 0.1) is 11.3 Å². The minimum Gasteiger partial charge on any atom is -0.550 e. The second kappa shape index (κ2) is 6.54. The molecule has 17 heavy (non-hydrogen) atoms. The van der Waals surface area contributed by atoms with Crippen molar-refractivity contribution in [2.24, 2.45) is 0 Å². The quantitative estimate of drug-likeness (QED) is 0.739. The normalized spacial score (nSPS) is 11.5. The summed E-state index contributed by atoms with van der Waals surface area (Å²) in [5.74, 6) is -1.16. The van der Waals surface area contributed by atoms with Gasteiger partial charge >= 0.3 is 0 Å². The van der Waals surface area contributed by atoms with Crippen molar-refractivity contribution in [1.29, 1.82) is 5.26 Å². The molecule has 0 N–H and O–H groups in total. The number of carboxylic acid groups (broad SMARTS) is 1. The Morgan fingerprint density at radius 2 is 2.12 bits per heavy atom. The van der Waals surface area contributed by atoms with E-state index in [1.807, 2.05) is 13.0 Å². The number of rotatable bonds is 6. The summed E-state index contributed by atoms with van der Waals surface area (Å²) in [5.41, 5.74) is 0.667. The Morgan fingerprint density at radius 3 is 2.59 bits per heavy atom. The van der Waals surface area contributed by atoms with Crippen molar-refractivity contribution in [3.05, 3.63) is 29.8 Å². The molecule has 0 aliphatic rings. The average Bonchev–Trinajstić information content (AvgIpc) is 2.34. The molecule has 0 bridgehead atoms. The van der Waals surface area contributed by atoms with Crippen LogP contribution in [0.1, 0.15) is 31.2 Å². The van der Waals surface area contributed by atoms with Crippen molar-refractivity contribution in [2.45, 2.75) is 25.7 Å². The standard InChI is InChI=1S/C13H15NO3/c1-2-7-17-12-5-3-10(4-6-12)11(9-14)8-13(15)16/h3-6,11H,2,7-8H2,1H3,(H,15,16)/p-1/t11-/m0/s1. The van der Waals surface area contributed by atoms with Crippen molar-refractivity contribution >= 4 is 5.97 Å². The first-order valence-electron chi connectivity index (χ1n) is 5.49. The number of nitriles is 1. The van der Waals surface area contributed by atoms with Crippen LogP contribution in [0.2, 0.25) is 0 Å². The fraction of sp³-hybridized carbons (Fsp3) is 0.385. The largest absolute Gasteiger partial charge is 0.550 e. The maximum Gasteiger partial charge on any atom is 0.119 e. The van der Waals surface area contributed by atoms with Crippen LogP contribution in [-0.2, 0) is 4.79 Å². The monoisotopic (exact) mass is 232 g/mol. The molecule has 0 unspecified atom stereocenters. The number of hydrogen-bond donors (Lipinski definition) is 0. The van der Waals surface area contributed by atoms with E-state index in [1.54, 1.807) is 24.3 Å². The molecule has 0 aromatic heterocycles. The molecule has 0 fully saturated rings. The predicted molar refractivity (Wildman–Crippen MR) is 60.2 cm³/mol. The maximum atomic E-state index is 10.5. The van der Waals surface area contributed by atoms with Crippen LogP contribution in [0.4, 0.5) is 0 Å². The molecule has 1 atom stereocenters. The number of nitrogens with zero attached hydrogens (tertiary/aromatic N) is 1. The van der Waals surface area contributed by atoms with Crippen LogP contribution < -0.4 is 9.84 Å². The third-order valence-corrected chi connectivity index (χ3v) is 2.28. The minimum absolute atomic E-state index is 0.286. The third-order valence-electron chi connectivity index (χ3n) is 2.28. The van der Waals surface area contributed by atoms with E-state index >= 15 is 0 Å². The van der Waals surface area contributed by atoms with Crippen LogP contribution in [-0.4, -0.2) is 12.6 Å². The average molecular weight is 232 g/mol. The highest BCUT2D eigenvalue weighted by molar-refractivity contribution is 5.66. The molecule has 1 aromatic carbocycles. The maximum absolute atomic E-state index is 10.5. The van der Waals surface area contributed by atoms with E-state index in [9.17, 15) is 9.90 Å². The van der Waals surface area contributed by atoms with Gasteiger partial charge in [-0.1, -0.05) is 19.1 Å². The zero-order valence-corrected chi connectivity index (χ0v) is 9.68. The summed E-state index contributed by atoms with van der Waals surface area (Å²) in [6.45, 7) is 2.65. The molecule has 0 spiro atoms. The predicted octanol–water partition coefficient (Wildman–Crippen LogP) is 1.22. The van der Waals surface area contributed by atoms with Gasteiger partial charge in [0, 0.05) is 12.4 Å². The first kappa shape index (κ1) is 13.0. The van der Waals surface area contributed by atoms with Gasteiger partial charge in [0.15, 0.2) is 0 Å². The number of hydrogen-bond acceptors (Lipinski definition) is 4. The molecule has 0 aliphatic carbocycles. The Hall–Kier alpha value is -2.02. The fourth-order valence-corrected chi connectivity index (χ4v) is 1.42. The second-order valence-corrected chi connectivity index (χ2v) is 3.68. The summed E-state index contributed by atoms with van der Waals surface area (Å²) in [6.07, 6.45) is 0.638. The molecule has 1 rings (SSSR count). The lowest BCUT2D eigenvalue weighted by atomic mass is 9.97. The van der Waals surface area contributed by atoms with Gasteiger partial charge in [-0.25, -0.2) is 0 Å². The first-order valence-corrected chi connectivity index (χ1v) is 5.49. The van der Waals surface area contributed by atoms with Gasteiger partial charge in [0.05, 0.1) is 18.6 Å². The van der Waals surface area contributed by atoms with Gasteiger partial charge in [0.25, 0.3) is 0 Å². The lowest BCUT2D eigenvalue weighted by Gasteiger charge is -2.11. The van der Waals surface area contributed by atoms with Gasteiger partial charge < -0.3 is 14.6 Å². The SMILES string of the molecule is CCCOc1ccc([C@H](C#N)CC(=O)[O-])cc1. The van der Waals surface area contributed by atoms with E-state index < -0.39 is 11.9 Å². The molecule has 0 saturated heterocycles. The van der Waals surface area contributed by atoms with E-state index in [4.69, 9.17) is 10.00 Å². The Bertz CT molecular complexity index is 406. The van der Waals surface area contributed by atoms with E-state index in [0.29, 0.717) is 12.2 Å². The highest BCUT2D eigenvalue weighted by Crippen LogP contribution is 2.21. The smallest absolute Gasteiger partial charge is 0.119 e. The molecule has 1 aromatic rings. The molecular formula is C13H14NO3-. The number of carboxylic acids is 1. The van der Waals surface area contributed by atoms with E-state index in [0.717, 1.165) is 12.2 Å². The summed E-state index contributed by atoms with van der Waals surface area (Å²) in [4.78, 5) is 10.5. The second-order valence-electron chi connectivity index (χ2n) is 3.68. The van der Waals surface area contributed by atoms with Crippen LogP contribution >= 0.6 is 0 Å². The van der Waals surface area contributed by atoms with Crippen LogP contribution in [0.5, 0.6) is 5.75 Å². The summed E-state index contributed by atoms with van der Waals surface area (Å²) >= 11 is 0. The highest BCUT2D eigenvalue weighted by atomic mass is 16.5.